The highest BCUT2D eigenvalue weighted by Crippen LogP contribution is 2.32. The molecule has 88 valence electrons. The van der Waals surface area contributed by atoms with E-state index in [9.17, 15) is 0 Å². The molecule has 1 N–H and O–H groups in total. The second kappa shape index (κ2) is 6.32. The molecule has 0 bridgehead atoms. The minimum Gasteiger partial charge on any atom is -0.317 e. The van der Waals surface area contributed by atoms with Crippen molar-refractivity contribution in [1.29, 1.82) is 0 Å². The Bertz CT molecular complexity index is 198. The average Bonchev–Trinajstić information content (AvgIpc) is 2.18. The third-order valence-electron chi connectivity index (χ3n) is 3.80. The van der Waals surface area contributed by atoms with Crippen LogP contribution in [0.3, 0.4) is 0 Å². The molecule has 0 aromatic carbocycles. The number of hydrogen-bond acceptors (Lipinski definition) is 1. The summed E-state index contributed by atoms with van der Waals surface area (Å²) in [5, 5.41) is 3.51. The van der Waals surface area contributed by atoms with E-state index in [1.165, 1.54) is 44.1 Å². The van der Waals surface area contributed by atoms with Crippen molar-refractivity contribution >= 4 is 0 Å². The van der Waals surface area contributed by atoms with E-state index in [2.05, 4.69) is 32.8 Å². The molecule has 0 spiro atoms. The molecule has 1 aliphatic rings. The largest absolute Gasteiger partial charge is 0.317 e. The van der Waals surface area contributed by atoms with Gasteiger partial charge in [0.15, 0.2) is 0 Å². The van der Waals surface area contributed by atoms with Crippen LogP contribution in [0.4, 0.5) is 0 Å². The second-order valence-electron chi connectivity index (χ2n) is 5.42. The fraction of sp³-hybridized carbons (Fsp3) is 0.857. The van der Waals surface area contributed by atoms with Gasteiger partial charge in [0, 0.05) is 6.04 Å². The molecule has 0 radical (unpaired) electrons. The summed E-state index contributed by atoms with van der Waals surface area (Å²) in [6, 6.07) is 0.712. The van der Waals surface area contributed by atoms with E-state index in [1.54, 1.807) is 0 Å². The van der Waals surface area contributed by atoms with Crippen LogP contribution in [0.15, 0.2) is 12.2 Å². The lowest BCUT2D eigenvalue weighted by Crippen LogP contribution is -2.36. The van der Waals surface area contributed by atoms with E-state index in [1.807, 2.05) is 0 Å². The second-order valence-corrected chi connectivity index (χ2v) is 5.42. The molecular formula is C14H27N. The SMILES string of the molecule is C=C(C)CCC(NC)C1CCCC(C)C1. The summed E-state index contributed by atoms with van der Waals surface area (Å²) in [6.07, 6.45) is 8.15. The first-order valence-electron chi connectivity index (χ1n) is 6.45. The summed E-state index contributed by atoms with van der Waals surface area (Å²) in [7, 11) is 2.11. The van der Waals surface area contributed by atoms with E-state index in [0.717, 1.165) is 11.8 Å². The molecule has 1 heteroatoms. The van der Waals surface area contributed by atoms with E-state index in [-0.39, 0.29) is 0 Å². The fourth-order valence-electron chi connectivity index (χ4n) is 2.86. The summed E-state index contributed by atoms with van der Waals surface area (Å²) in [4.78, 5) is 0. The average molecular weight is 209 g/mol. The van der Waals surface area contributed by atoms with Gasteiger partial charge in [-0.15, -0.1) is 6.58 Å². The van der Waals surface area contributed by atoms with Crippen molar-refractivity contribution in [2.75, 3.05) is 7.05 Å². The van der Waals surface area contributed by atoms with Crippen LogP contribution in [0.25, 0.3) is 0 Å². The minimum atomic E-state index is 0.712. The molecule has 0 aromatic heterocycles. The van der Waals surface area contributed by atoms with Crippen molar-refractivity contribution in [3.8, 4) is 0 Å². The van der Waals surface area contributed by atoms with Gasteiger partial charge < -0.3 is 5.32 Å². The van der Waals surface area contributed by atoms with E-state index in [4.69, 9.17) is 0 Å². The van der Waals surface area contributed by atoms with Crippen LogP contribution in [0.2, 0.25) is 0 Å². The van der Waals surface area contributed by atoms with Crippen LogP contribution < -0.4 is 5.32 Å². The number of allylic oxidation sites excluding steroid dienone is 1. The smallest absolute Gasteiger partial charge is 0.00954 e. The fourth-order valence-corrected chi connectivity index (χ4v) is 2.86. The topological polar surface area (TPSA) is 12.0 Å². The highest BCUT2D eigenvalue weighted by atomic mass is 14.9. The maximum absolute atomic E-state index is 3.99. The van der Waals surface area contributed by atoms with Gasteiger partial charge in [0.25, 0.3) is 0 Å². The molecule has 1 fully saturated rings. The lowest BCUT2D eigenvalue weighted by molar-refractivity contribution is 0.221. The van der Waals surface area contributed by atoms with Crippen molar-refractivity contribution < 1.29 is 0 Å². The number of rotatable bonds is 5. The quantitative estimate of drug-likeness (QED) is 0.680. The Labute approximate surface area is 95.3 Å². The van der Waals surface area contributed by atoms with E-state index < -0.39 is 0 Å². The Kier molecular flexibility index (Phi) is 5.38. The molecule has 1 nitrogen and oxygen atoms in total. The zero-order chi connectivity index (χ0) is 11.3. The van der Waals surface area contributed by atoms with Gasteiger partial charge in [0.05, 0.1) is 0 Å². The van der Waals surface area contributed by atoms with Crippen molar-refractivity contribution in [2.45, 2.75) is 58.4 Å². The molecule has 0 heterocycles. The predicted molar refractivity (Wildman–Crippen MR) is 68.0 cm³/mol. The Morgan fingerprint density at radius 3 is 2.73 bits per heavy atom. The first kappa shape index (κ1) is 12.8. The van der Waals surface area contributed by atoms with Gasteiger partial charge in [-0.25, -0.2) is 0 Å². The molecule has 0 aliphatic heterocycles. The molecule has 0 saturated heterocycles. The summed E-state index contributed by atoms with van der Waals surface area (Å²) in [5.74, 6) is 1.84. The molecule has 1 aliphatic carbocycles. The lowest BCUT2D eigenvalue weighted by Gasteiger charge is -2.33. The van der Waals surface area contributed by atoms with Gasteiger partial charge in [-0.05, 0) is 51.5 Å². The third kappa shape index (κ3) is 4.38. The van der Waals surface area contributed by atoms with Crippen LogP contribution in [-0.2, 0) is 0 Å². The number of hydrogen-bond donors (Lipinski definition) is 1. The zero-order valence-corrected chi connectivity index (χ0v) is 10.7. The van der Waals surface area contributed by atoms with E-state index in [0.29, 0.717) is 6.04 Å². The Balaban J connectivity index is 2.38. The van der Waals surface area contributed by atoms with Crippen molar-refractivity contribution in [2.24, 2.45) is 11.8 Å². The first-order valence-corrected chi connectivity index (χ1v) is 6.45. The zero-order valence-electron chi connectivity index (χ0n) is 10.7. The highest BCUT2D eigenvalue weighted by molar-refractivity contribution is 4.91. The van der Waals surface area contributed by atoms with Gasteiger partial charge in [-0.3, -0.25) is 0 Å². The monoisotopic (exact) mass is 209 g/mol. The summed E-state index contributed by atoms with van der Waals surface area (Å²) < 4.78 is 0. The highest BCUT2D eigenvalue weighted by Gasteiger charge is 2.25. The maximum Gasteiger partial charge on any atom is 0.00954 e. The standard InChI is InChI=1S/C14H27N/c1-11(2)8-9-14(15-4)13-7-5-6-12(3)10-13/h12-15H,1,5-10H2,2-4H3. The molecule has 3 unspecified atom stereocenters. The molecule has 0 amide bonds. The van der Waals surface area contributed by atoms with Gasteiger partial charge >= 0.3 is 0 Å². The van der Waals surface area contributed by atoms with Gasteiger partial charge in [0.2, 0.25) is 0 Å². The summed E-state index contributed by atoms with van der Waals surface area (Å²) in [6.45, 7) is 8.53. The molecule has 15 heavy (non-hydrogen) atoms. The first-order chi connectivity index (χ1) is 7.13. The van der Waals surface area contributed by atoms with Crippen molar-refractivity contribution in [1.82, 2.24) is 5.32 Å². The van der Waals surface area contributed by atoms with Crippen LogP contribution in [-0.4, -0.2) is 13.1 Å². The van der Waals surface area contributed by atoms with Gasteiger partial charge in [-0.2, -0.15) is 0 Å². The Morgan fingerprint density at radius 2 is 2.20 bits per heavy atom. The minimum absolute atomic E-state index is 0.712. The van der Waals surface area contributed by atoms with Crippen LogP contribution in [0.5, 0.6) is 0 Å². The molecular weight excluding hydrogens is 182 g/mol. The molecule has 3 atom stereocenters. The van der Waals surface area contributed by atoms with Gasteiger partial charge in [0.1, 0.15) is 0 Å². The summed E-state index contributed by atoms with van der Waals surface area (Å²) >= 11 is 0. The summed E-state index contributed by atoms with van der Waals surface area (Å²) in [5.41, 5.74) is 1.32. The maximum atomic E-state index is 3.99. The van der Waals surface area contributed by atoms with Crippen molar-refractivity contribution in [3.63, 3.8) is 0 Å². The normalized spacial score (nSPS) is 28.7. The molecule has 1 rings (SSSR count). The molecule has 1 saturated carbocycles. The van der Waals surface area contributed by atoms with E-state index >= 15 is 0 Å². The van der Waals surface area contributed by atoms with Crippen LogP contribution >= 0.6 is 0 Å². The predicted octanol–water partition coefficient (Wildman–Crippen LogP) is 3.76. The third-order valence-corrected chi connectivity index (χ3v) is 3.80. The van der Waals surface area contributed by atoms with Crippen molar-refractivity contribution in [3.05, 3.63) is 12.2 Å². The van der Waals surface area contributed by atoms with Crippen LogP contribution in [0.1, 0.15) is 52.4 Å². The number of nitrogens with one attached hydrogen (secondary N) is 1. The Hall–Kier alpha value is -0.300. The van der Waals surface area contributed by atoms with Gasteiger partial charge in [-0.1, -0.05) is 25.3 Å². The molecule has 0 aromatic rings. The Morgan fingerprint density at radius 1 is 1.47 bits per heavy atom. The van der Waals surface area contributed by atoms with Crippen LogP contribution in [0, 0.1) is 11.8 Å². The lowest BCUT2D eigenvalue weighted by atomic mass is 9.77.